The minimum Gasteiger partial charge on any atom is -0.434 e. The van der Waals surface area contributed by atoms with Gasteiger partial charge in [0.25, 0.3) is 5.91 Å². The Hall–Kier alpha value is -3.32. The highest BCUT2D eigenvalue weighted by Gasteiger charge is 2.37. The van der Waals surface area contributed by atoms with Crippen LogP contribution in [-0.4, -0.2) is 96.4 Å². The summed E-state index contributed by atoms with van der Waals surface area (Å²) in [4.78, 5) is 48.4. The predicted molar refractivity (Wildman–Crippen MR) is 138 cm³/mol. The van der Waals surface area contributed by atoms with E-state index in [1.807, 2.05) is 30.3 Å². The largest absolute Gasteiger partial charge is 0.508 e. The first-order valence-corrected chi connectivity index (χ1v) is 12.7. The molecule has 1 heterocycles. The number of aliphatic hydroxyl groups is 3. The number of methoxy groups -OCH3 is 1. The number of amides is 2. The smallest absolute Gasteiger partial charge is 0.434 e. The van der Waals surface area contributed by atoms with E-state index in [9.17, 15) is 34.5 Å². The first-order valence-electron chi connectivity index (χ1n) is 12.7. The highest BCUT2D eigenvalue weighted by atomic mass is 16.7. The predicted octanol–water partition coefficient (Wildman–Crippen LogP) is 0.0247. The molecule has 5 N–H and O–H groups in total. The standard InChI is InChI=1S/C27H38N2O10/c1-27(2,16-30)13-11-20(31)21(32)22(33)23(37-3)25(35)29-19-10-9-18(15-28-24(19)34)39-26(36)38-14-12-17-7-5-4-6-8-17/h4-8,11,13,16,18-23,31-33H,9-10,12,14-15H2,1-3H3,(H,28,34)(H,29,35)/t18-,19+,20-,21+,22-,23-/m1/s1. The molecule has 1 aliphatic rings. The minimum absolute atomic E-state index is 0.0176. The van der Waals surface area contributed by atoms with E-state index in [-0.39, 0.29) is 26.0 Å². The number of hydrogen-bond donors (Lipinski definition) is 5. The van der Waals surface area contributed by atoms with E-state index in [1.54, 1.807) is 13.8 Å². The summed E-state index contributed by atoms with van der Waals surface area (Å²) in [6, 6.07) is 8.45. The Labute approximate surface area is 227 Å². The van der Waals surface area contributed by atoms with Gasteiger partial charge in [0.2, 0.25) is 5.91 Å². The molecule has 39 heavy (non-hydrogen) atoms. The molecule has 0 spiro atoms. The molecule has 0 aromatic heterocycles. The Kier molecular flexibility index (Phi) is 12.5. The molecule has 12 heteroatoms. The van der Waals surface area contributed by atoms with Gasteiger partial charge in [0.15, 0.2) is 6.10 Å². The lowest BCUT2D eigenvalue weighted by molar-refractivity contribution is -0.150. The Morgan fingerprint density at radius 1 is 1.15 bits per heavy atom. The molecule has 0 aliphatic carbocycles. The van der Waals surface area contributed by atoms with E-state index in [2.05, 4.69) is 10.6 Å². The zero-order valence-electron chi connectivity index (χ0n) is 22.3. The summed E-state index contributed by atoms with van der Waals surface area (Å²) in [6.07, 6.45) is -4.44. The van der Waals surface area contributed by atoms with Gasteiger partial charge < -0.3 is 45.0 Å². The van der Waals surface area contributed by atoms with Gasteiger partial charge in [-0.2, -0.15) is 0 Å². The van der Waals surface area contributed by atoms with Crippen molar-refractivity contribution in [2.24, 2.45) is 5.41 Å². The number of allylic oxidation sites excluding steroid dienone is 1. The van der Waals surface area contributed by atoms with Crippen LogP contribution in [0, 0.1) is 5.41 Å². The molecule has 0 unspecified atom stereocenters. The third-order valence-corrected chi connectivity index (χ3v) is 6.18. The summed E-state index contributed by atoms with van der Waals surface area (Å²) < 4.78 is 15.4. The Bertz CT molecular complexity index is 984. The second kappa shape index (κ2) is 15.3. The van der Waals surface area contributed by atoms with Crippen molar-refractivity contribution < 1.29 is 48.7 Å². The summed E-state index contributed by atoms with van der Waals surface area (Å²) in [6.45, 7) is 3.32. The highest BCUT2D eigenvalue weighted by molar-refractivity contribution is 5.89. The van der Waals surface area contributed by atoms with Gasteiger partial charge in [-0.1, -0.05) is 42.5 Å². The van der Waals surface area contributed by atoms with Crippen molar-refractivity contribution in [3.8, 4) is 0 Å². The van der Waals surface area contributed by atoms with Gasteiger partial charge in [0.1, 0.15) is 36.7 Å². The first-order chi connectivity index (χ1) is 18.5. The lowest BCUT2D eigenvalue weighted by atomic mass is 9.93. The molecule has 1 saturated heterocycles. The van der Waals surface area contributed by atoms with Crippen molar-refractivity contribution >= 4 is 24.3 Å². The number of nitrogens with one attached hydrogen (secondary N) is 2. The Morgan fingerprint density at radius 2 is 1.85 bits per heavy atom. The van der Waals surface area contributed by atoms with Crippen LogP contribution >= 0.6 is 0 Å². The van der Waals surface area contributed by atoms with Crippen molar-refractivity contribution in [1.29, 1.82) is 0 Å². The molecule has 1 fully saturated rings. The fourth-order valence-corrected chi connectivity index (χ4v) is 3.76. The molecule has 12 nitrogen and oxygen atoms in total. The van der Waals surface area contributed by atoms with Gasteiger partial charge in [-0.25, -0.2) is 4.79 Å². The van der Waals surface area contributed by atoms with Crippen LogP contribution in [0.15, 0.2) is 42.5 Å². The zero-order chi connectivity index (χ0) is 29.0. The van der Waals surface area contributed by atoms with Gasteiger partial charge in [-0.05, 0) is 32.3 Å². The summed E-state index contributed by atoms with van der Waals surface area (Å²) >= 11 is 0. The van der Waals surface area contributed by atoms with Crippen molar-refractivity contribution in [2.45, 2.75) is 69.7 Å². The van der Waals surface area contributed by atoms with Crippen LogP contribution in [0.25, 0.3) is 0 Å². The molecule has 0 bridgehead atoms. The molecule has 1 aliphatic heterocycles. The van der Waals surface area contributed by atoms with Gasteiger partial charge >= 0.3 is 6.16 Å². The maximum Gasteiger partial charge on any atom is 0.508 e. The minimum atomic E-state index is -1.86. The zero-order valence-corrected chi connectivity index (χ0v) is 22.3. The third kappa shape index (κ3) is 10.4. The van der Waals surface area contributed by atoms with E-state index in [1.165, 1.54) is 6.08 Å². The molecular weight excluding hydrogens is 512 g/mol. The number of aliphatic hydroxyl groups excluding tert-OH is 3. The molecule has 216 valence electrons. The molecule has 0 saturated carbocycles. The molecule has 0 radical (unpaired) electrons. The quantitative estimate of drug-likeness (QED) is 0.128. The van der Waals surface area contributed by atoms with Crippen LogP contribution in [0.4, 0.5) is 4.79 Å². The fourth-order valence-electron chi connectivity index (χ4n) is 3.76. The van der Waals surface area contributed by atoms with Gasteiger partial charge in [-0.3, -0.25) is 9.59 Å². The maximum absolute atomic E-state index is 12.8. The second-order valence-electron chi connectivity index (χ2n) is 9.88. The third-order valence-electron chi connectivity index (χ3n) is 6.18. The van der Waals surface area contributed by atoms with E-state index in [0.29, 0.717) is 12.7 Å². The number of benzene rings is 1. The van der Waals surface area contributed by atoms with Crippen LogP contribution in [-0.2, 0) is 35.0 Å². The molecule has 2 rings (SSSR count). The topological polar surface area (TPSA) is 181 Å². The molecule has 6 atom stereocenters. The van der Waals surface area contributed by atoms with Crippen LogP contribution in [0.2, 0.25) is 0 Å². The average Bonchev–Trinajstić information content (AvgIpc) is 3.08. The van der Waals surface area contributed by atoms with E-state index < -0.39 is 59.9 Å². The van der Waals surface area contributed by atoms with Crippen LogP contribution in [0.5, 0.6) is 0 Å². The Balaban J connectivity index is 1.87. The fraction of sp³-hybridized carbons (Fsp3) is 0.556. The molecule has 1 aromatic rings. The summed E-state index contributed by atoms with van der Waals surface area (Å²) in [5.74, 6) is -1.43. The highest BCUT2D eigenvalue weighted by Crippen LogP contribution is 2.16. The number of rotatable bonds is 13. The normalized spacial score (nSPS) is 21.1. The van der Waals surface area contributed by atoms with Gasteiger partial charge in [-0.15, -0.1) is 0 Å². The summed E-state index contributed by atoms with van der Waals surface area (Å²) in [5, 5.41) is 36.0. The number of ether oxygens (including phenoxy) is 3. The average molecular weight is 551 g/mol. The lowest BCUT2D eigenvalue weighted by Gasteiger charge is -2.28. The van der Waals surface area contributed by atoms with Crippen LogP contribution in [0.1, 0.15) is 32.3 Å². The van der Waals surface area contributed by atoms with Crippen LogP contribution in [0.3, 0.4) is 0 Å². The van der Waals surface area contributed by atoms with Crippen molar-refractivity contribution in [3.63, 3.8) is 0 Å². The van der Waals surface area contributed by atoms with Crippen molar-refractivity contribution in [1.82, 2.24) is 10.6 Å². The van der Waals surface area contributed by atoms with Crippen molar-refractivity contribution in [2.75, 3.05) is 20.3 Å². The number of hydrogen-bond acceptors (Lipinski definition) is 10. The van der Waals surface area contributed by atoms with E-state index in [4.69, 9.17) is 14.2 Å². The first kappa shape index (κ1) is 31.9. The van der Waals surface area contributed by atoms with Crippen molar-refractivity contribution in [3.05, 3.63) is 48.0 Å². The summed E-state index contributed by atoms with van der Waals surface area (Å²) in [5.41, 5.74) is 0.0993. The number of carbonyl (C=O) groups excluding carboxylic acids is 4. The van der Waals surface area contributed by atoms with E-state index in [0.717, 1.165) is 18.7 Å². The number of carbonyl (C=O) groups is 4. The maximum atomic E-state index is 12.8. The van der Waals surface area contributed by atoms with Gasteiger partial charge in [0.05, 0.1) is 13.2 Å². The van der Waals surface area contributed by atoms with Crippen LogP contribution < -0.4 is 10.6 Å². The lowest BCUT2D eigenvalue weighted by Crippen LogP contribution is -2.55. The summed E-state index contributed by atoms with van der Waals surface area (Å²) in [7, 11) is 1.12. The van der Waals surface area contributed by atoms with E-state index >= 15 is 0 Å². The van der Waals surface area contributed by atoms with Gasteiger partial charge in [0, 0.05) is 18.9 Å². The SMILES string of the molecule is CO[C@@H](C(=O)N[C@H]1CC[C@@H](OC(=O)OCCc2ccccc2)CNC1=O)[C@H](O)[C@@H](O)[C@H](O)C=CC(C)(C)C=O. The molecular formula is C27H38N2O10. The monoisotopic (exact) mass is 550 g/mol. The second-order valence-corrected chi connectivity index (χ2v) is 9.88. The molecule has 2 amide bonds. The number of aldehydes is 1. The molecule has 1 aromatic carbocycles. The Morgan fingerprint density at radius 3 is 2.49 bits per heavy atom.